The molecule has 3 aromatic carbocycles. The van der Waals surface area contributed by atoms with Gasteiger partial charge in [0.2, 0.25) is 5.91 Å². The third-order valence-corrected chi connectivity index (χ3v) is 6.67. The van der Waals surface area contributed by atoms with Crippen LogP contribution in [0.2, 0.25) is 5.02 Å². The van der Waals surface area contributed by atoms with Gasteiger partial charge in [-0.1, -0.05) is 41.9 Å². The molecule has 2 aliphatic heterocycles. The third-order valence-electron chi connectivity index (χ3n) is 6.32. The fourth-order valence-electron chi connectivity index (χ4n) is 4.53. The molecule has 8 nitrogen and oxygen atoms in total. The SMILES string of the molecule is O=C1CN(OC(=O)NCc2ccc(C(=O)N3CCCCc4ccccc43)cc2Cl)c2c(F)cccc2N1. The maximum absolute atomic E-state index is 14.3. The standard InChI is InChI=1S/C27H24ClFN4O4/c28-20-14-18(26(35)32-13-4-3-7-17-6-1-2-10-23(17)32)11-12-19(20)15-30-27(36)37-33-16-24(34)31-22-9-5-8-21(29)25(22)33/h1-2,5-6,8-12,14H,3-4,7,13,15-16H2,(H,30,36)(H,31,34). The van der Waals surface area contributed by atoms with Gasteiger partial charge in [0.05, 0.1) is 5.69 Å². The van der Waals surface area contributed by atoms with Gasteiger partial charge < -0.3 is 20.4 Å². The molecule has 0 aromatic heterocycles. The van der Waals surface area contributed by atoms with Crippen LogP contribution in [0.25, 0.3) is 0 Å². The van der Waals surface area contributed by atoms with Gasteiger partial charge in [0.1, 0.15) is 12.2 Å². The first kappa shape index (κ1) is 24.6. The van der Waals surface area contributed by atoms with E-state index in [0.717, 1.165) is 35.6 Å². The Kier molecular flexibility index (Phi) is 6.96. The zero-order valence-corrected chi connectivity index (χ0v) is 20.6. The summed E-state index contributed by atoms with van der Waals surface area (Å²) in [5.74, 6) is -1.22. The summed E-state index contributed by atoms with van der Waals surface area (Å²) in [6.07, 6.45) is 1.97. The number of carbonyl (C=O) groups is 3. The number of anilines is 3. The molecule has 2 heterocycles. The van der Waals surface area contributed by atoms with E-state index >= 15 is 0 Å². The number of fused-ring (bicyclic) bond motifs is 2. The molecule has 0 atom stereocenters. The number of hydroxylamine groups is 1. The second-order valence-corrected chi connectivity index (χ2v) is 9.21. The van der Waals surface area contributed by atoms with Crippen LogP contribution in [-0.2, 0) is 22.6 Å². The Hall–Kier alpha value is -4.11. The average molecular weight is 523 g/mol. The molecule has 0 saturated heterocycles. The molecule has 0 unspecified atom stereocenters. The number of aryl methyl sites for hydroxylation is 1. The van der Waals surface area contributed by atoms with Crippen LogP contribution in [0.1, 0.15) is 34.3 Å². The van der Waals surface area contributed by atoms with Crippen LogP contribution in [0.3, 0.4) is 0 Å². The van der Waals surface area contributed by atoms with Gasteiger partial charge in [0.15, 0.2) is 5.82 Å². The van der Waals surface area contributed by atoms with Crippen LogP contribution in [-0.4, -0.2) is 31.0 Å². The van der Waals surface area contributed by atoms with E-state index in [4.69, 9.17) is 16.4 Å². The minimum absolute atomic E-state index is 0.00283. The van der Waals surface area contributed by atoms with Crippen LogP contribution in [0.5, 0.6) is 0 Å². The Morgan fingerprint density at radius 3 is 2.76 bits per heavy atom. The Labute approximate surface area is 217 Å². The van der Waals surface area contributed by atoms with E-state index in [1.165, 1.54) is 18.2 Å². The largest absolute Gasteiger partial charge is 0.431 e. The molecule has 0 fully saturated rings. The Morgan fingerprint density at radius 1 is 1.08 bits per heavy atom. The number of benzene rings is 3. The van der Waals surface area contributed by atoms with Crippen molar-refractivity contribution in [2.45, 2.75) is 25.8 Å². The normalized spacial score (nSPS) is 14.7. The van der Waals surface area contributed by atoms with Crippen LogP contribution < -0.4 is 20.6 Å². The van der Waals surface area contributed by atoms with Gasteiger partial charge in [-0.05, 0) is 60.7 Å². The Bertz CT molecular complexity index is 1380. The van der Waals surface area contributed by atoms with Crippen LogP contribution in [0, 0.1) is 5.82 Å². The molecule has 0 bridgehead atoms. The predicted octanol–water partition coefficient (Wildman–Crippen LogP) is 5.06. The summed E-state index contributed by atoms with van der Waals surface area (Å²) in [5, 5.41) is 6.30. The molecular weight excluding hydrogens is 499 g/mol. The molecule has 37 heavy (non-hydrogen) atoms. The lowest BCUT2D eigenvalue weighted by atomic mass is 10.1. The van der Waals surface area contributed by atoms with Crippen molar-refractivity contribution < 1.29 is 23.6 Å². The topological polar surface area (TPSA) is 91.0 Å². The van der Waals surface area contributed by atoms with Crippen LogP contribution >= 0.6 is 11.6 Å². The monoisotopic (exact) mass is 522 g/mol. The van der Waals surface area contributed by atoms with E-state index < -0.39 is 17.8 Å². The molecule has 2 N–H and O–H groups in total. The maximum Gasteiger partial charge on any atom is 0.431 e. The number of para-hydroxylation sites is 2. The number of hydrogen-bond acceptors (Lipinski definition) is 5. The van der Waals surface area contributed by atoms with Gasteiger partial charge >= 0.3 is 6.09 Å². The highest BCUT2D eigenvalue weighted by molar-refractivity contribution is 6.31. The minimum atomic E-state index is -0.888. The lowest BCUT2D eigenvalue weighted by Crippen LogP contribution is -2.42. The summed E-state index contributed by atoms with van der Waals surface area (Å²) >= 11 is 6.45. The summed E-state index contributed by atoms with van der Waals surface area (Å²) < 4.78 is 14.3. The molecule has 0 radical (unpaired) electrons. The number of rotatable bonds is 4. The van der Waals surface area contributed by atoms with Crippen molar-refractivity contribution in [3.63, 3.8) is 0 Å². The quantitative estimate of drug-likeness (QED) is 0.499. The van der Waals surface area contributed by atoms with Crippen molar-refractivity contribution in [1.82, 2.24) is 5.32 Å². The Balaban J connectivity index is 1.25. The summed E-state index contributed by atoms with van der Waals surface area (Å²) in [4.78, 5) is 44.6. The zero-order chi connectivity index (χ0) is 25.9. The number of nitrogens with zero attached hydrogens (tertiary/aromatic N) is 2. The number of amides is 3. The van der Waals surface area contributed by atoms with Crippen LogP contribution in [0.4, 0.5) is 26.2 Å². The first-order valence-electron chi connectivity index (χ1n) is 11.9. The smallest absolute Gasteiger partial charge is 0.322 e. The first-order chi connectivity index (χ1) is 17.9. The molecule has 190 valence electrons. The van der Waals surface area contributed by atoms with E-state index in [1.807, 2.05) is 24.3 Å². The molecule has 10 heteroatoms. The number of halogens is 2. The van der Waals surface area contributed by atoms with E-state index in [-0.39, 0.29) is 30.4 Å². The summed E-state index contributed by atoms with van der Waals surface area (Å²) in [5.41, 5.74) is 3.24. The number of nitrogens with one attached hydrogen (secondary N) is 2. The fourth-order valence-corrected chi connectivity index (χ4v) is 4.78. The van der Waals surface area contributed by atoms with Gasteiger partial charge in [-0.15, -0.1) is 0 Å². The van der Waals surface area contributed by atoms with Gasteiger partial charge in [0, 0.05) is 29.4 Å². The zero-order valence-electron chi connectivity index (χ0n) is 19.8. The average Bonchev–Trinajstić information content (AvgIpc) is 3.10. The van der Waals surface area contributed by atoms with E-state index in [0.29, 0.717) is 22.7 Å². The molecule has 0 aliphatic carbocycles. The van der Waals surface area contributed by atoms with Gasteiger partial charge in [-0.2, -0.15) is 5.06 Å². The van der Waals surface area contributed by atoms with Crippen molar-refractivity contribution in [2.75, 3.05) is 28.4 Å². The summed E-state index contributed by atoms with van der Waals surface area (Å²) in [7, 11) is 0. The summed E-state index contributed by atoms with van der Waals surface area (Å²) in [6, 6.07) is 17.0. The van der Waals surface area contributed by atoms with Crippen LogP contribution in [0.15, 0.2) is 60.7 Å². The lowest BCUT2D eigenvalue weighted by molar-refractivity contribution is -0.116. The lowest BCUT2D eigenvalue weighted by Gasteiger charge is -2.29. The third kappa shape index (κ3) is 5.22. The van der Waals surface area contributed by atoms with E-state index in [2.05, 4.69) is 10.6 Å². The van der Waals surface area contributed by atoms with E-state index in [1.54, 1.807) is 23.1 Å². The predicted molar refractivity (Wildman–Crippen MR) is 138 cm³/mol. The van der Waals surface area contributed by atoms with Gasteiger partial charge in [-0.3, -0.25) is 9.59 Å². The number of hydrogen-bond donors (Lipinski definition) is 2. The minimum Gasteiger partial charge on any atom is -0.322 e. The molecule has 2 aliphatic rings. The molecule has 0 saturated carbocycles. The molecule has 5 rings (SSSR count). The van der Waals surface area contributed by atoms with E-state index in [9.17, 15) is 18.8 Å². The Morgan fingerprint density at radius 2 is 1.92 bits per heavy atom. The molecular formula is C27H24ClFN4O4. The van der Waals surface area contributed by atoms with Crippen molar-refractivity contribution in [3.8, 4) is 0 Å². The second-order valence-electron chi connectivity index (χ2n) is 8.80. The van der Waals surface area contributed by atoms with Gasteiger partial charge in [-0.25, -0.2) is 9.18 Å². The molecule has 3 aromatic rings. The van der Waals surface area contributed by atoms with Crippen molar-refractivity contribution in [2.24, 2.45) is 0 Å². The highest BCUT2D eigenvalue weighted by Gasteiger charge is 2.28. The maximum atomic E-state index is 14.3. The molecule has 3 amide bonds. The van der Waals surface area contributed by atoms with Crippen molar-refractivity contribution >= 4 is 46.6 Å². The first-order valence-corrected chi connectivity index (χ1v) is 12.3. The molecule has 0 spiro atoms. The van der Waals surface area contributed by atoms with Gasteiger partial charge in [0.25, 0.3) is 5.91 Å². The number of carbonyl (C=O) groups excluding carboxylic acids is 3. The highest BCUT2D eigenvalue weighted by Crippen LogP contribution is 2.32. The fraction of sp³-hybridized carbons (Fsp3) is 0.222. The van der Waals surface area contributed by atoms with Crippen molar-refractivity contribution in [3.05, 3.63) is 88.2 Å². The highest BCUT2D eigenvalue weighted by atomic mass is 35.5. The van der Waals surface area contributed by atoms with Crippen molar-refractivity contribution in [1.29, 1.82) is 0 Å². The second kappa shape index (κ2) is 10.5. The summed E-state index contributed by atoms with van der Waals surface area (Å²) in [6.45, 7) is 0.280.